The van der Waals surface area contributed by atoms with Crippen LogP contribution in [0.4, 0.5) is 0 Å². The molecule has 2 atom stereocenters. The minimum atomic E-state index is -3.56. The van der Waals surface area contributed by atoms with Gasteiger partial charge in [-0.15, -0.1) is 0 Å². The molecule has 2 unspecified atom stereocenters. The number of fused-ring (bicyclic) bond motifs is 1. The minimum absolute atomic E-state index is 0.209. The van der Waals surface area contributed by atoms with Crippen LogP contribution in [0.15, 0.2) is 23.1 Å². The molecule has 25 heavy (non-hydrogen) atoms. The number of aryl methyl sites for hydroxylation is 1. The molecular formula is C18H23ClN2O3S. The van der Waals surface area contributed by atoms with Crippen LogP contribution in [0.5, 0.6) is 0 Å². The van der Waals surface area contributed by atoms with Crippen molar-refractivity contribution in [1.29, 1.82) is 0 Å². The zero-order valence-electron chi connectivity index (χ0n) is 14.3. The maximum absolute atomic E-state index is 13.1. The molecule has 0 bridgehead atoms. The van der Waals surface area contributed by atoms with E-state index in [1.54, 1.807) is 29.4 Å². The Morgan fingerprint density at radius 2 is 1.92 bits per heavy atom. The third-order valence-electron chi connectivity index (χ3n) is 5.74. The Kier molecular flexibility index (Phi) is 4.33. The van der Waals surface area contributed by atoms with Gasteiger partial charge in [0.2, 0.25) is 15.9 Å². The van der Waals surface area contributed by atoms with E-state index in [4.69, 9.17) is 11.6 Å². The number of carbonyl (C=O) groups is 1. The van der Waals surface area contributed by atoms with Gasteiger partial charge >= 0.3 is 0 Å². The molecule has 1 amide bonds. The van der Waals surface area contributed by atoms with Gasteiger partial charge in [0.05, 0.1) is 4.90 Å². The molecular weight excluding hydrogens is 360 g/mol. The van der Waals surface area contributed by atoms with E-state index >= 15 is 0 Å². The lowest BCUT2D eigenvalue weighted by Gasteiger charge is -2.47. The number of benzene rings is 1. The van der Waals surface area contributed by atoms with Crippen molar-refractivity contribution in [2.75, 3.05) is 13.1 Å². The van der Waals surface area contributed by atoms with E-state index in [1.807, 2.05) is 0 Å². The summed E-state index contributed by atoms with van der Waals surface area (Å²) in [7, 11) is -3.56. The summed E-state index contributed by atoms with van der Waals surface area (Å²) < 4.78 is 27.8. The molecule has 1 saturated carbocycles. The average molecular weight is 383 g/mol. The molecule has 1 aromatic rings. The van der Waals surface area contributed by atoms with E-state index in [0.29, 0.717) is 41.0 Å². The van der Waals surface area contributed by atoms with Gasteiger partial charge in [-0.25, -0.2) is 8.42 Å². The third kappa shape index (κ3) is 3.09. The molecule has 136 valence electrons. The molecule has 0 N–H and O–H groups in total. The number of hydrogen-bond donors (Lipinski definition) is 0. The molecule has 0 radical (unpaired) electrons. The maximum atomic E-state index is 13.1. The number of sulfonamides is 1. The van der Waals surface area contributed by atoms with Crippen LogP contribution in [0.25, 0.3) is 0 Å². The van der Waals surface area contributed by atoms with E-state index in [2.05, 4.69) is 4.90 Å². The van der Waals surface area contributed by atoms with E-state index in [1.165, 1.54) is 0 Å². The molecule has 5 nitrogen and oxygen atoms in total. The Labute approximate surface area is 154 Å². The van der Waals surface area contributed by atoms with Crippen LogP contribution >= 0.6 is 11.6 Å². The van der Waals surface area contributed by atoms with Crippen molar-refractivity contribution in [3.8, 4) is 0 Å². The summed E-state index contributed by atoms with van der Waals surface area (Å²) in [6.45, 7) is 2.76. The summed E-state index contributed by atoms with van der Waals surface area (Å²) in [5.74, 6) is 0.493. The van der Waals surface area contributed by atoms with Gasteiger partial charge < -0.3 is 4.90 Å². The first-order valence-corrected chi connectivity index (χ1v) is 10.8. The Morgan fingerprint density at radius 1 is 1.16 bits per heavy atom. The van der Waals surface area contributed by atoms with Crippen LogP contribution in [0, 0.1) is 12.8 Å². The van der Waals surface area contributed by atoms with E-state index in [9.17, 15) is 13.2 Å². The monoisotopic (exact) mass is 382 g/mol. The van der Waals surface area contributed by atoms with Crippen molar-refractivity contribution in [2.24, 2.45) is 5.92 Å². The molecule has 2 saturated heterocycles. The van der Waals surface area contributed by atoms with Gasteiger partial charge in [-0.05, 0) is 56.2 Å². The van der Waals surface area contributed by atoms with Crippen LogP contribution in [0.1, 0.15) is 37.7 Å². The highest BCUT2D eigenvalue weighted by Crippen LogP contribution is 2.40. The first-order valence-electron chi connectivity index (χ1n) is 8.95. The fourth-order valence-electron chi connectivity index (χ4n) is 4.30. The molecule has 0 spiro atoms. The standard InChI is InChI=1S/C18H23ClN2O3S/c1-12-2-4-14(19)10-17(12)25(23,24)20-9-8-16-13(11-20)3-7-18(22)21(16)15-5-6-15/h2,4,10,13,15-16H,3,5-9,11H2,1H3. The zero-order chi connectivity index (χ0) is 17.8. The van der Waals surface area contributed by atoms with Crippen molar-refractivity contribution in [1.82, 2.24) is 9.21 Å². The summed E-state index contributed by atoms with van der Waals surface area (Å²) in [4.78, 5) is 14.7. The molecule has 7 heteroatoms. The van der Waals surface area contributed by atoms with E-state index in [0.717, 1.165) is 25.7 Å². The first kappa shape index (κ1) is 17.3. The Hall–Kier alpha value is -1.11. The van der Waals surface area contributed by atoms with E-state index < -0.39 is 10.0 Å². The largest absolute Gasteiger partial charge is 0.336 e. The first-order chi connectivity index (χ1) is 11.9. The van der Waals surface area contributed by atoms with Gasteiger partial charge in [-0.1, -0.05) is 17.7 Å². The van der Waals surface area contributed by atoms with Crippen molar-refractivity contribution in [3.05, 3.63) is 28.8 Å². The summed E-state index contributed by atoms with van der Waals surface area (Å²) in [5, 5.41) is 0.433. The van der Waals surface area contributed by atoms with Crippen LogP contribution < -0.4 is 0 Å². The quantitative estimate of drug-likeness (QED) is 0.807. The van der Waals surface area contributed by atoms with Crippen molar-refractivity contribution in [2.45, 2.75) is 56.0 Å². The molecule has 2 heterocycles. The molecule has 3 aliphatic rings. The lowest BCUT2D eigenvalue weighted by Crippen LogP contribution is -2.57. The number of likely N-dealkylation sites (tertiary alicyclic amines) is 1. The Morgan fingerprint density at radius 3 is 2.64 bits per heavy atom. The highest BCUT2D eigenvalue weighted by atomic mass is 35.5. The smallest absolute Gasteiger partial charge is 0.243 e. The molecule has 0 aromatic heterocycles. The van der Waals surface area contributed by atoms with Gasteiger partial charge in [-0.2, -0.15) is 4.31 Å². The number of carbonyl (C=O) groups excluding carboxylic acids is 1. The molecule has 3 fully saturated rings. The van der Waals surface area contributed by atoms with Gasteiger partial charge in [0.15, 0.2) is 0 Å². The summed E-state index contributed by atoms with van der Waals surface area (Å²) in [6.07, 6.45) is 4.25. The number of piperidine rings is 2. The predicted molar refractivity (Wildman–Crippen MR) is 95.9 cm³/mol. The van der Waals surface area contributed by atoms with Crippen LogP contribution in [-0.2, 0) is 14.8 Å². The predicted octanol–water partition coefficient (Wildman–Crippen LogP) is 2.81. The average Bonchev–Trinajstić information content (AvgIpc) is 3.41. The maximum Gasteiger partial charge on any atom is 0.243 e. The van der Waals surface area contributed by atoms with Crippen LogP contribution in [0.3, 0.4) is 0 Å². The second-order valence-electron chi connectivity index (χ2n) is 7.46. The fourth-order valence-corrected chi connectivity index (χ4v) is 6.29. The second-order valence-corrected chi connectivity index (χ2v) is 9.80. The number of rotatable bonds is 3. The van der Waals surface area contributed by atoms with E-state index in [-0.39, 0.29) is 17.9 Å². The minimum Gasteiger partial charge on any atom is -0.336 e. The summed E-state index contributed by atoms with van der Waals surface area (Å²) in [6, 6.07) is 5.61. The van der Waals surface area contributed by atoms with Crippen molar-refractivity contribution in [3.63, 3.8) is 0 Å². The highest BCUT2D eigenvalue weighted by molar-refractivity contribution is 7.89. The molecule has 1 aliphatic carbocycles. The lowest BCUT2D eigenvalue weighted by molar-refractivity contribution is -0.141. The second kappa shape index (κ2) is 6.25. The molecule has 1 aromatic carbocycles. The fraction of sp³-hybridized carbons (Fsp3) is 0.611. The normalized spacial score (nSPS) is 28.1. The van der Waals surface area contributed by atoms with Gasteiger partial charge in [-0.3, -0.25) is 4.79 Å². The van der Waals surface area contributed by atoms with Gasteiger partial charge in [0.25, 0.3) is 0 Å². The van der Waals surface area contributed by atoms with Crippen molar-refractivity contribution < 1.29 is 13.2 Å². The lowest BCUT2D eigenvalue weighted by atomic mass is 9.84. The van der Waals surface area contributed by atoms with Crippen molar-refractivity contribution >= 4 is 27.5 Å². The zero-order valence-corrected chi connectivity index (χ0v) is 15.9. The Bertz CT molecular complexity index is 807. The molecule has 4 rings (SSSR count). The van der Waals surface area contributed by atoms with Crippen LogP contribution in [0.2, 0.25) is 5.02 Å². The summed E-state index contributed by atoms with van der Waals surface area (Å²) >= 11 is 6.02. The Balaban J connectivity index is 1.57. The van der Waals surface area contributed by atoms with Gasteiger partial charge in [0.1, 0.15) is 0 Å². The highest BCUT2D eigenvalue weighted by Gasteiger charge is 2.46. The molecule has 2 aliphatic heterocycles. The SMILES string of the molecule is Cc1ccc(Cl)cc1S(=O)(=O)N1CCC2C(CCC(=O)N2C2CC2)C1. The number of halogens is 1. The number of nitrogens with zero attached hydrogens (tertiary/aromatic N) is 2. The number of hydrogen-bond acceptors (Lipinski definition) is 3. The van der Waals surface area contributed by atoms with Crippen LogP contribution in [-0.4, -0.2) is 48.7 Å². The third-order valence-corrected chi connectivity index (χ3v) is 7.98. The summed E-state index contributed by atoms with van der Waals surface area (Å²) in [5.41, 5.74) is 0.713. The number of amides is 1. The topological polar surface area (TPSA) is 57.7 Å². The van der Waals surface area contributed by atoms with Gasteiger partial charge in [0, 0.05) is 36.6 Å².